The van der Waals surface area contributed by atoms with E-state index in [1.54, 1.807) is 0 Å². The number of ether oxygens (including phenoxy) is 1. The molecule has 0 aromatic heterocycles. The van der Waals surface area contributed by atoms with Crippen molar-refractivity contribution in [2.45, 2.75) is 50.2 Å². The average molecular weight is 288 g/mol. The number of hydrogen-bond acceptors (Lipinski definition) is 2. The second-order valence-electron chi connectivity index (χ2n) is 5.35. The van der Waals surface area contributed by atoms with E-state index in [2.05, 4.69) is 0 Å². The first-order valence-electron chi connectivity index (χ1n) is 6.88. The van der Waals surface area contributed by atoms with Crippen molar-refractivity contribution < 1.29 is 23.0 Å². The molecule has 1 N–H and O–H groups in total. The quantitative estimate of drug-likeness (QED) is 0.675. The summed E-state index contributed by atoms with van der Waals surface area (Å²) < 4.78 is 45.6. The summed E-state index contributed by atoms with van der Waals surface area (Å²) in [7, 11) is 1.46. The van der Waals surface area contributed by atoms with Gasteiger partial charge in [0.05, 0.1) is 5.60 Å². The van der Waals surface area contributed by atoms with Crippen molar-refractivity contribution in [3.8, 4) is 0 Å². The Labute approximate surface area is 116 Å². The van der Waals surface area contributed by atoms with Crippen molar-refractivity contribution in [3.05, 3.63) is 35.1 Å². The molecule has 0 bridgehead atoms. The molecular weight excluding hydrogens is 269 g/mol. The van der Waals surface area contributed by atoms with Crippen LogP contribution >= 0.6 is 0 Å². The molecule has 1 fully saturated rings. The van der Waals surface area contributed by atoms with Crippen molar-refractivity contribution >= 4 is 0 Å². The van der Waals surface area contributed by atoms with Gasteiger partial charge in [0.25, 0.3) is 0 Å². The molecule has 0 heterocycles. The number of benzene rings is 1. The van der Waals surface area contributed by atoms with Crippen molar-refractivity contribution in [1.82, 2.24) is 0 Å². The normalized spacial score (nSPS) is 20.4. The van der Waals surface area contributed by atoms with Gasteiger partial charge in [-0.2, -0.15) is 0 Å². The van der Waals surface area contributed by atoms with E-state index >= 15 is 0 Å². The standard InChI is InChI=1S/C15H19F3O2/c1-20-15(8-4-2-3-5-9-15)14(19)10-6-7-11(16)13(18)12(10)17/h6-7,14,19H,2-5,8-9H2,1H3. The Hall–Kier alpha value is -1.07. The van der Waals surface area contributed by atoms with Crippen molar-refractivity contribution in [2.24, 2.45) is 0 Å². The Morgan fingerprint density at radius 3 is 2.20 bits per heavy atom. The van der Waals surface area contributed by atoms with Gasteiger partial charge in [0, 0.05) is 12.7 Å². The van der Waals surface area contributed by atoms with E-state index in [1.165, 1.54) is 7.11 Å². The van der Waals surface area contributed by atoms with Crippen LogP contribution in [0.15, 0.2) is 12.1 Å². The van der Waals surface area contributed by atoms with E-state index < -0.39 is 29.2 Å². The Bertz CT molecular complexity index is 468. The van der Waals surface area contributed by atoms with Gasteiger partial charge in [0.1, 0.15) is 6.10 Å². The molecule has 1 aliphatic rings. The lowest BCUT2D eigenvalue weighted by atomic mass is 9.84. The predicted molar refractivity (Wildman–Crippen MR) is 68.7 cm³/mol. The summed E-state index contributed by atoms with van der Waals surface area (Å²) in [6.07, 6.45) is 3.61. The van der Waals surface area contributed by atoms with Crippen LogP contribution in [0.5, 0.6) is 0 Å². The fourth-order valence-corrected chi connectivity index (χ4v) is 2.95. The maximum atomic E-state index is 13.8. The van der Waals surface area contributed by atoms with Crippen LogP contribution in [0, 0.1) is 17.5 Å². The molecule has 2 nitrogen and oxygen atoms in total. The summed E-state index contributed by atoms with van der Waals surface area (Å²) in [6, 6.07) is 1.92. The van der Waals surface area contributed by atoms with E-state index in [4.69, 9.17) is 4.74 Å². The van der Waals surface area contributed by atoms with Crippen LogP contribution in [0.1, 0.15) is 50.2 Å². The first-order valence-corrected chi connectivity index (χ1v) is 6.88. The first-order chi connectivity index (χ1) is 9.52. The number of methoxy groups -OCH3 is 1. The zero-order valence-electron chi connectivity index (χ0n) is 11.5. The van der Waals surface area contributed by atoms with Gasteiger partial charge in [0.2, 0.25) is 0 Å². The summed E-state index contributed by atoms with van der Waals surface area (Å²) in [5, 5.41) is 10.5. The molecule has 0 aliphatic heterocycles. The van der Waals surface area contributed by atoms with Gasteiger partial charge < -0.3 is 9.84 Å². The monoisotopic (exact) mass is 288 g/mol. The van der Waals surface area contributed by atoms with Crippen LogP contribution in [-0.2, 0) is 4.74 Å². The largest absolute Gasteiger partial charge is 0.385 e. The summed E-state index contributed by atoms with van der Waals surface area (Å²) in [5.74, 6) is -4.15. The van der Waals surface area contributed by atoms with Gasteiger partial charge in [-0.25, -0.2) is 13.2 Å². The minimum Gasteiger partial charge on any atom is -0.385 e. The minimum atomic E-state index is -1.55. The lowest BCUT2D eigenvalue weighted by Gasteiger charge is -2.36. The Morgan fingerprint density at radius 1 is 1.05 bits per heavy atom. The molecule has 1 aliphatic carbocycles. The molecule has 20 heavy (non-hydrogen) atoms. The lowest BCUT2D eigenvalue weighted by molar-refractivity contribution is -0.115. The first kappa shape index (κ1) is 15.3. The van der Waals surface area contributed by atoms with Gasteiger partial charge in [-0.3, -0.25) is 0 Å². The molecule has 2 rings (SSSR count). The highest BCUT2D eigenvalue weighted by molar-refractivity contribution is 5.25. The van der Waals surface area contributed by atoms with Crippen molar-refractivity contribution in [1.29, 1.82) is 0 Å². The molecule has 112 valence electrons. The third kappa shape index (κ3) is 2.69. The molecule has 1 saturated carbocycles. The maximum absolute atomic E-state index is 13.8. The molecule has 0 radical (unpaired) electrons. The maximum Gasteiger partial charge on any atom is 0.194 e. The van der Waals surface area contributed by atoms with Crippen LogP contribution < -0.4 is 0 Å². The van der Waals surface area contributed by atoms with Crippen LogP contribution in [0.4, 0.5) is 13.2 Å². The third-order valence-electron chi connectivity index (χ3n) is 4.21. The zero-order valence-corrected chi connectivity index (χ0v) is 11.5. The summed E-state index contributed by atoms with van der Waals surface area (Å²) in [5.41, 5.74) is -1.17. The number of hydrogen-bond donors (Lipinski definition) is 1. The summed E-state index contributed by atoms with van der Waals surface area (Å²) in [6.45, 7) is 0. The molecular formula is C15H19F3O2. The van der Waals surface area contributed by atoms with E-state index in [0.717, 1.165) is 37.8 Å². The van der Waals surface area contributed by atoms with Crippen molar-refractivity contribution in [3.63, 3.8) is 0 Å². The van der Waals surface area contributed by atoms with Crippen molar-refractivity contribution in [2.75, 3.05) is 7.11 Å². The fourth-order valence-electron chi connectivity index (χ4n) is 2.95. The Morgan fingerprint density at radius 2 is 1.65 bits per heavy atom. The van der Waals surface area contributed by atoms with Gasteiger partial charge in [0.15, 0.2) is 17.5 Å². The van der Waals surface area contributed by atoms with Gasteiger partial charge >= 0.3 is 0 Å². The highest BCUT2D eigenvalue weighted by Crippen LogP contribution is 2.41. The molecule has 1 aromatic rings. The van der Waals surface area contributed by atoms with E-state index in [-0.39, 0.29) is 5.56 Å². The average Bonchev–Trinajstić information content (AvgIpc) is 2.71. The molecule has 1 atom stereocenters. The highest BCUT2D eigenvalue weighted by Gasteiger charge is 2.40. The second-order valence-corrected chi connectivity index (χ2v) is 5.35. The highest BCUT2D eigenvalue weighted by atomic mass is 19.2. The van der Waals surface area contributed by atoms with Crippen LogP contribution in [0.25, 0.3) is 0 Å². The van der Waals surface area contributed by atoms with E-state index in [1.807, 2.05) is 0 Å². The lowest BCUT2D eigenvalue weighted by Crippen LogP contribution is -2.38. The van der Waals surface area contributed by atoms with Crippen LogP contribution in [-0.4, -0.2) is 17.8 Å². The summed E-state index contributed by atoms with van der Waals surface area (Å²) >= 11 is 0. The third-order valence-corrected chi connectivity index (χ3v) is 4.21. The van der Waals surface area contributed by atoms with Gasteiger partial charge in [-0.1, -0.05) is 31.7 Å². The number of aliphatic hydroxyl groups is 1. The summed E-state index contributed by atoms with van der Waals surface area (Å²) in [4.78, 5) is 0. The number of rotatable bonds is 3. The molecule has 1 unspecified atom stereocenters. The van der Waals surface area contributed by atoms with Crippen LogP contribution in [0.2, 0.25) is 0 Å². The predicted octanol–water partition coefficient (Wildman–Crippen LogP) is 3.88. The zero-order chi connectivity index (χ0) is 14.8. The molecule has 0 saturated heterocycles. The molecule has 5 heteroatoms. The smallest absolute Gasteiger partial charge is 0.194 e. The fraction of sp³-hybridized carbons (Fsp3) is 0.600. The molecule has 1 aromatic carbocycles. The Kier molecular flexibility index (Phi) is 4.70. The Balaban J connectivity index is 2.37. The number of halogens is 3. The van der Waals surface area contributed by atoms with Gasteiger partial charge in [-0.15, -0.1) is 0 Å². The van der Waals surface area contributed by atoms with Gasteiger partial charge in [-0.05, 0) is 18.9 Å². The number of aliphatic hydroxyl groups excluding tert-OH is 1. The molecule has 0 amide bonds. The minimum absolute atomic E-state index is 0.243. The topological polar surface area (TPSA) is 29.5 Å². The van der Waals surface area contributed by atoms with E-state index in [0.29, 0.717) is 12.8 Å². The second kappa shape index (κ2) is 6.14. The SMILES string of the molecule is COC1(C(O)c2ccc(F)c(F)c2F)CCCCCC1. The van der Waals surface area contributed by atoms with E-state index in [9.17, 15) is 18.3 Å². The molecule has 0 spiro atoms. The van der Waals surface area contributed by atoms with Crippen LogP contribution in [0.3, 0.4) is 0 Å².